The van der Waals surface area contributed by atoms with E-state index in [0.717, 1.165) is 9.75 Å². The summed E-state index contributed by atoms with van der Waals surface area (Å²) in [5, 5.41) is 11.1. The first-order valence-electron chi connectivity index (χ1n) is 4.28. The molecular weight excluding hydrogens is 214 g/mol. The van der Waals surface area contributed by atoms with Gasteiger partial charge in [-0.05, 0) is 25.1 Å². The first-order valence-corrected chi connectivity index (χ1v) is 5.09. The molecule has 0 saturated carbocycles. The maximum Gasteiger partial charge on any atom is 0.352 e. The fourth-order valence-electron chi connectivity index (χ4n) is 1.01. The standard InChI is InChI=1S/C10H11NO3S/c1-6-3-4-8(15-6)5-9(10(13)14)11-7(2)12/h3-5H,1-2H3,(H,11,12)(H,13,14). The number of hydrogen-bond donors (Lipinski definition) is 2. The number of aryl methyl sites for hydroxylation is 1. The quantitative estimate of drug-likeness (QED) is 0.768. The van der Waals surface area contributed by atoms with Gasteiger partial charge in [-0.2, -0.15) is 0 Å². The molecule has 0 aromatic carbocycles. The number of hydrogen-bond acceptors (Lipinski definition) is 3. The van der Waals surface area contributed by atoms with Crippen molar-refractivity contribution in [3.05, 3.63) is 27.6 Å². The van der Waals surface area contributed by atoms with Gasteiger partial charge in [0, 0.05) is 16.7 Å². The van der Waals surface area contributed by atoms with Gasteiger partial charge < -0.3 is 10.4 Å². The topological polar surface area (TPSA) is 66.4 Å². The number of carbonyl (C=O) groups is 2. The molecule has 0 atom stereocenters. The van der Waals surface area contributed by atoms with Gasteiger partial charge in [0.25, 0.3) is 0 Å². The Bertz CT molecular complexity index is 420. The van der Waals surface area contributed by atoms with Gasteiger partial charge in [0.05, 0.1) is 0 Å². The first-order chi connectivity index (χ1) is 6.99. The number of amides is 1. The average molecular weight is 225 g/mol. The highest BCUT2D eigenvalue weighted by Crippen LogP contribution is 2.17. The van der Waals surface area contributed by atoms with E-state index >= 15 is 0 Å². The molecule has 0 saturated heterocycles. The lowest BCUT2D eigenvalue weighted by Crippen LogP contribution is -2.24. The van der Waals surface area contributed by atoms with Crippen LogP contribution in [0.4, 0.5) is 0 Å². The third kappa shape index (κ3) is 3.55. The Kier molecular flexibility index (Phi) is 3.62. The summed E-state index contributed by atoms with van der Waals surface area (Å²) in [6.45, 7) is 3.21. The highest BCUT2D eigenvalue weighted by molar-refractivity contribution is 7.12. The number of nitrogens with one attached hydrogen (secondary N) is 1. The van der Waals surface area contributed by atoms with Crippen LogP contribution in [0.25, 0.3) is 6.08 Å². The van der Waals surface area contributed by atoms with Gasteiger partial charge in [0.2, 0.25) is 5.91 Å². The summed E-state index contributed by atoms with van der Waals surface area (Å²) >= 11 is 1.47. The van der Waals surface area contributed by atoms with Crippen molar-refractivity contribution in [2.24, 2.45) is 0 Å². The van der Waals surface area contributed by atoms with Crippen molar-refractivity contribution in [3.8, 4) is 0 Å². The molecular formula is C10H11NO3S. The van der Waals surface area contributed by atoms with E-state index in [1.54, 1.807) is 0 Å². The Morgan fingerprint density at radius 3 is 2.53 bits per heavy atom. The largest absolute Gasteiger partial charge is 0.477 e. The molecule has 0 aliphatic rings. The minimum Gasteiger partial charge on any atom is -0.477 e. The maximum absolute atomic E-state index is 10.8. The van der Waals surface area contributed by atoms with Crippen LogP contribution in [0.2, 0.25) is 0 Å². The first kappa shape index (κ1) is 11.5. The highest BCUT2D eigenvalue weighted by Gasteiger charge is 2.09. The molecule has 0 radical (unpaired) electrons. The van der Waals surface area contributed by atoms with Gasteiger partial charge in [-0.15, -0.1) is 11.3 Å². The van der Waals surface area contributed by atoms with Crippen molar-refractivity contribution in [2.75, 3.05) is 0 Å². The van der Waals surface area contributed by atoms with Crippen LogP contribution in [0.3, 0.4) is 0 Å². The number of carbonyl (C=O) groups excluding carboxylic acids is 1. The minimum atomic E-state index is -1.14. The SMILES string of the molecule is CC(=O)NC(=Cc1ccc(C)s1)C(=O)O. The summed E-state index contributed by atoms with van der Waals surface area (Å²) < 4.78 is 0. The maximum atomic E-state index is 10.8. The second-order valence-corrected chi connectivity index (χ2v) is 4.31. The monoisotopic (exact) mass is 225 g/mol. The lowest BCUT2D eigenvalue weighted by molar-refractivity contribution is -0.134. The summed E-state index contributed by atoms with van der Waals surface area (Å²) in [7, 11) is 0. The van der Waals surface area contributed by atoms with Gasteiger partial charge in [-0.25, -0.2) is 4.79 Å². The molecule has 4 nitrogen and oxygen atoms in total. The van der Waals surface area contributed by atoms with E-state index in [1.807, 2.05) is 19.1 Å². The fraction of sp³-hybridized carbons (Fsp3) is 0.200. The van der Waals surface area contributed by atoms with Crippen molar-refractivity contribution < 1.29 is 14.7 Å². The van der Waals surface area contributed by atoms with Gasteiger partial charge in [0.15, 0.2) is 0 Å². The summed E-state index contributed by atoms with van der Waals surface area (Å²) in [5.74, 6) is -1.53. The van der Waals surface area contributed by atoms with Gasteiger partial charge >= 0.3 is 5.97 Å². The molecule has 1 aromatic rings. The molecule has 2 N–H and O–H groups in total. The molecule has 0 aliphatic carbocycles. The van der Waals surface area contributed by atoms with Gasteiger partial charge in [-0.1, -0.05) is 0 Å². The van der Waals surface area contributed by atoms with Crippen molar-refractivity contribution in [1.29, 1.82) is 0 Å². The Labute approximate surface area is 91.2 Å². The lowest BCUT2D eigenvalue weighted by Gasteiger charge is -2.01. The van der Waals surface area contributed by atoms with Crippen LogP contribution in [0.15, 0.2) is 17.8 Å². The van der Waals surface area contributed by atoms with Crippen LogP contribution in [-0.4, -0.2) is 17.0 Å². The molecule has 5 heteroatoms. The fourth-order valence-corrected chi connectivity index (χ4v) is 1.83. The second kappa shape index (κ2) is 4.75. The molecule has 0 bridgehead atoms. The molecule has 0 unspecified atom stereocenters. The Balaban J connectivity index is 2.93. The lowest BCUT2D eigenvalue weighted by atomic mass is 10.3. The van der Waals surface area contributed by atoms with Crippen LogP contribution in [0.1, 0.15) is 16.7 Å². The molecule has 1 aromatic heterocycles. The average Bonchev–Trinajstić information content (AvgIpc) is 2.49. The normalized spacial score (nSPS) is 11.2. The van der Waals surface area contributed by atoms with E-state index in [2.05, 4.69) is 5.32 Å². The van der Waals surface area contributed by atoms with Crippen molar-refractivity contribution in [3.63, 3.8) is 0 Å². The predicted octanol–water partition coefficient (Wildman–Crippen LogP) is 1.62. The van der Waals surface area contributed by atoms with Crippen LogP contribution >= 0.6 is 11.3 Å². The third-order valence-corrected chi connectivity index (χ3v) is 2.54. The smallest absolute Gasteiger partial charge is 0.352 e. The number of carboxylic acid groups (broad SMARTS) is 1. The van der Waals surface area contributed by atoms with E-state index in [9.17, 15) is 9.59 Å². The molecule has 1 heterocycles. The molecule has 0 aliphatic heterocycles. The Hall–Kier alpha value is -1.62. The van der Waals surface area contributed by atoms with Crippen LogP contribution in [0.5, 0.6) is 0 Å². The van der Waals surface area contributed by atoms with Crippen LogP contribution in [0, 0.1) is 6.92 Å². The van der Waals surface area contributed by atoms with Gasteiger partial charge in [-0.3, -0.25) is 4.79 Å². The van der Waals surface area contributed by atoms with E-state index in [1.165, 1.54) is 24.3 Å². The second-order valence-electron chi connectivity index (χ2n) is 2.99. The summed E-state index contributed by atoms with van der Waals surface area (Å²) in [6.07, 6.45) is 1.45. The molecule has 1 amide bonds. The molecule has 1 rings (SSSR count). The highest BCUT2D eigenvalue weighted by atomic mass is 32.1. The van der Waals surface area contributed by atoms with E-state index < -0.39 is 11.9 Å². The minimum absolute atomic E-state index is 0.107. The molecule has 15 heavy (non-hydrogen) atoms. The Morgan fingerprint density at radius 2 is 2.13 bits per heavy atom. The van der Waals surface area contributed by atoms with Crippen molar-refractivity contribution in [1.82, 2.24) is 5.32 Å². The van der Waals surface area contributed by atoms with E-state index in [-0.39, 0.29) is 5.70 Å². The number of aliphatic carboxylic acids is 1. The molecule has 0 spiro atoms. The zero-order valence-electron chi connectivity index (χ0n) is 8.40. The van der Waals surface area contributed by atoms with E-state index in [4.69, 9.17) is 5.11 Å². The zero-order valence-corrected chi connectivity index (χ0v) is 9.22. The molecule has 0 fully saturated rings. The molecule has 80 valence electrons. The van der Waals surface area contributed by atoms with Crippen LogP contribution < -0.4 is 5.32 Å². The van der Waals surface area contributed by atoms with E-state index in [0.29, 0.717) is 0 Å². The van der Waals surface area contributed by atoms with Gasteiger partial charge in [0.1, 0.15) is 5.70 Å². The Morgan fingerprint density at radius 1 is 1.47 bits per heavy atom. The summed E-state index contributed by atoms with van der Waals surface area (Å²) in [6, 6.07) is 3.70. The van der Waals surface area contributed by atoms with Crippen LogP contribution in [-0.2, 0) is 9.59 Å². The third-order valence-electron chi connectivity index (χ3n) is 1.59. The summed E-state index contributed by atoms with van der Waals surface area (Å²) in [4.78, 5) is 23.4. The summed E-state index contributed by atoms with van der Waals surface area (Å²) in [5.41, 5.74) is -0.107. The zero-order chi connectivity index (χ0) is 11.4. The number of thiophene rings is 1. The number of carboxylic acids is 1. The van der Waals surface area contributed by atoms with Crippen molar-refractivity contribution >= 4 is 29.3 Å². The predicted molar refractivity (Wildman–Crippen MR) is 58.5 cm³/mol. The van der Waals surface area contributed by atoms with Crippen molar-refractivity contribution in [2.45, 2.75) is 13.8 Å². The number of rotatable bonds is 3.